The van der Waals surface area contributed by atoms with Gasteiger partial charge in [-0.1, -0.05) is 18.9 Å². The van der Waals surface area contributed by atoms with Crippen molar-refractivity contribution in [1.82, 2.24) is 25.4 Å². The summed E-state index contributed by atoms with van der Waals surface area (Å²) in [6.07, 6.45) is 6.16. The van der Waals surface area contributed by atoms with Crippen molar-refractivity contribution >= 4 is 6.03 Å². The first-order valence-corrected chi connectivity index (χ1v) is 9.03. The Kier molecular flexibility index (Phi) is 5.36. The molecule has 1 atom stereocenters. The van der Waals surface area contributed by atoms with Gasteiger partial charge in [0.15, 0.2) is 0 Å². The first-order valence-electron chi connectivity index (χ1n) is 9.03. The number of amides is 2. The summed E-state index contributed by atoms with van der Waals surface area (Å²) < 4.78 is 0. The maximum Gasteiger partial charge on any atom is 0.318 e. The van der Waals surface area contributed by atoms with Crippen LogP contribution in [0.5, 0.6) is 0 Å². The molecule has 0 unspecified atom stereocenters. The van der Waals surface area contributed by atoms with Gasteiger partial charge in [0.25, 0.3) is 0 Å². The molecule has 0 aromatic carbocycles. The Hall–Kier alpha value is -2.37. The van der Waals surface area contributed by atoms with Crippen LogP contribution in [0.3, 0.4) is 0 Å². The van der Waals surface area contributed by atoms with Gasteiger partial charge in [-0.25, -0.2) is 4.79 Å². The number of aromatic amines is 1. The monoisotopic (exact) mass is 341 g/mol. The van der Waals surface area contributed by atoms with Crippen LogP contribution in [-0.4, -0.2) is 32.7 Å². The zero-order valence-corrected chi connectivity index (χ0v) is 15.3. The van der Waals surface area contributed by atoms with Crippen molar-refractivity contribution in [1.29, 1.82) is 0 Å². The van der Waals surface area contributed by atoms with Gasteiger partial charge in [0.2, 0.25) is 0 Å². The number of carbonyl (C=O) groups excluding carboxylic acids is 1. The van der Waals surface area contributed by atoms with Crippen LogP contribution in [0.15, 0.2) is 18.3 Å². The normalized spacial score (nSPS) is 18.0. The van der Waals surface area contributed by atoms with Gasteiger partial charge in [0.1, 0.15) is 0 Å². The van der Waals surface area contributed by atoms with E-state index in [4.69, 9.17) is 0 Å². The fraction of sp³-hybridized carbons (Fsp3) is 0.526. The third-order valence-electron chi connectivity index (χ3n) is 4.95. The standard InChI is InChI=1S/C19H27N5O/c1-13-8-9-16(11-20-13)12-21-19(25)24-10-6-4-5-7-17(24)18-14(2)22-23-15(18)3/h8-9,11,17H,4-7,10,12H2,1-3H3,(H,21,25)(H,22,23)/t17-/m1/s1. The van der Waals surface area contributed by atoms with Crippen LogP contribution in [0.1, 0.15) is 59.9 Å². The number of H-pyrrole nitrogens is 1. The molecular formula is C19H27N5O. The minimum atomic E-state index is -0.00697. The van der Waals surface area contributed by atoms with Crippen LogP contribution >= 0.6 is 0 Å². The van der Waals surface area contributed by atoms with Crippen LogP contribution in [0.25, 0.3) is 0 Å². The van der Waals surface area contributed by atoms with Crippen molar-refractivity contribution in [3.8, 4) is 0 Å². The molecule has 1 aliphatic rings. The number of likely N-dealkylation sites (tertiary alicyclic amines) is 1. The number of pyridine rings is 1. The molecule has 0 bridgehead atoms. The quantitative estimate of drug-likeness (QED) is 0.896. The van der Waals surface area contributed by atoms with Crippen molar-refractivity contribution in [3.63, 3.8) is 0 Å². The molecule has 25 heavy (non-hydrogen) atoms. The number of hydrogen-bond donors (Lipinski definition) is 2. The van der Waals surface area contributed by atoms with Gasteiger partial charge in [-0.05, 0) is 45.2 Å². The van der Waals surface area contributed by atoms with E-state index in [1.807, 2.05) is 44.0 Å². The lowest BCUT2D eigenvalue weighted by Crippen LogP contribution is -2.42. The Morgan fingerprint density at radius 3 is 2.80 bits per heavy atom. The van der Waals surface area contributed by atoms with E-state index < -0.39 is 0 Å². The zero-order valence-electron chi connectivity index (χ0n) is 15.3. The summed E-state index contributed by atoms with van der Waals surface area (Å²) in [4.78, 5) is 19.2. The van der Waals surface area contributed by atoms with Gasteiger partial charge < -0.3 is 10.2 Å². The van der Waals surface area contributed by atoms with Crippen LogP contribution < -0.4 is 5.32 Å². The molecule has 2 aromatic heterocycles. The number of aryl methyl sites for hydroxylation is 3. The van der Waals surface area contributed by atoms with E-state index in [-0.39, 0.29) is 12.1 Å². The number of aromatic nitrogens is 3. The van der Waals surface area contributed by atoms with Gasteiger partial charge in [0.05, 0.1) is 11.7 Å². The molecule has 134 valence electrons. The lowest BCUT2D eigenvalue weighted by molar-refractivity contribution is 0.175. The second-order valence-corrected chi connectivity index (χ2v) is 6.87. The van der Waals surface area contributed by atoms with E-state index in [0.717, 1.165) is 54.9 Å². The van der Waals surface area contributed by atoms with Gasteiger partial charge >= 0.3 is 6.03 Å². The predicted molar refractivity (Wildman–Crippen MR) is 97.2 cm³/mol. The highest BCUT2D eigenvalue weighted by Gasteiger charge is 2.30. The predicted octanol–water partition coefficient (Wildman–Crippen LogP) is 3.56. The maximum absolute atomic E-state index is 12.9. The Balaban J connectivity index is 1.74. The van der Waals surface area contributed by atoms with E-state index in [1.54, 1.807) is 0 Å². The molecule has 2 aromatic rings. The van der Waals surface area contributed by atoms with Gasteiger partial charge in [-0.2, -0.15) is 5.10 Å². The average molecular weight is 341 g/mol. The van der Waals surface area contributed by atoms with Crippen molar-refractivity contribution < 1.29 is 4.79 Å². The maximum atomic E-state index is 12.9. The fourth-order valence-electron chi connectivity index (χ4n) is 3.58. The summed E-state index contributed by atoms with van der Waals surface area (Å²) in [5.74, 6) is 0. The highest BCUT2D eigenvalue weighted by atomic mass is 16.2. The molecule has 1 fully saturated rings. The van der Waals surface area contributed by atoms with E-state index in [1.165, 1.54) is 5.56 Å². The third-order valence-corrected chi connectivity index (χ3v) is 4.95. The van der Waals surface area contributed by atoms with Gasteiger partial charge in [-0.3, -0.25) is 10.1 Å². The molecule has 2 N–H and O–H groups in total. The molecule has 6 heteroatoms. The van der Waals surface area contributed by atoms with E-state index >= 15 is 0 Å². The summed E-state index contributed by atoms with van der Waals surface area (Å²) in [5, 5.41) is 10.4. The van der Waals surface area contributed by atoms with E-state index in [0.29, 0.717) is 6.54 Å². The number of carbonyl (C=O) groups is 1. The average Bonchev–Trinajstić information content (AvgIpc) is 2.80. The lowest BCUT2D eigenvalue weighted by atomic mass is 9.99. The smallest absolute Gasteiger partial charge is 0.318 e. The number of hydrogen-bond acceptors (Lipinski definition) is 3. The number of urea groups is 1. The van der Waals surface area contributed by atoms with Crippen LogP contribution in [0.4, 0.5) is 4.79 Å². The van der Waals surface area contributed by atoms with Gasteiger partial charge in [0, 0.05) is 36.2 Å². The largest absolute Gasteiger partial charge is 0.334 e. The summed E-state index contributed by atoms with van der Waals surface area (Å²) >= 11 is 0. The van der Waals surface area contributed by atoms with Gasteiger partial charge in [-0.15, -0.1) is 0 Å². The number of nitrogens with one attached hydrogen (secondary N) is 2. The van der Waals surface area contributed by atoms with Crippen molar-refractivity contribution in [2.75, 3.05) is 6.54 Å². The highest BCUT2D eigenvalue weighted by molar-refractivity contribution is 5.75. The molecule has 0 radical (unpaired) electrons. The molecule has 3 rings (SSSR count). The summed E-state index contributed by atoms with van der Waals surface area (Å²) in [6.45, 7) is 7.29. The first kappa shape index (κ1) is 17.5. The molecule has 2 amide bonds. The van der Waals surface area contributed by atoms with E-state index in [2.05, 4.69) is 20.5 Å². The summed E-state index contributed by atoms with van der Waals surface area (Å²) in [5.41, 5.74) is 5.22. The Morgan fingerprint density at radius 1 is 1.28 bits per heavy atom. The van der Waals surface area contributed by atoms with Crippen molar-refractivity contribution in [2.24, 2.45) is 0 Å². The summed E-state index contributed by atoms with van der Waals surface area (Å²) in [7, 11) is 0. The lowest BCUT2D eigenvalue weighted by Gasteiger charge is -2.30. The van der Waals surface area contributed by atoms with E-state index in [9.17, 15) is 4.79 Å². The molecular weight excluding hydrogens is 314 g/mol. The Bertz CT molecular complexity index is 702. The number of nitrogens with zero attached hydrogens (tertiary/aromatic N) is 3. The minimum Gasteiger partial charge on any atom is -0.334 e. The SMILES string of the molecule is Cc1ccc(CNC(=O)N2CCCCC[C@@H]2c2c(C)n[nH]c2C)cn1. The Morgan fingerprint density at radius 2 is 2.12 bits per heavy atom. The zero-order chi connectivity index (χ0) is 17.8. The number of rotatable bonds is 3. The van der Waals surface area contributed by atoms with Crippen molar-refractivity contribution in [2.45, 2.75) is 59.0 Å². The molecule has 0 saturated carbocycles. The molecule has 0 aliphatic carbocycles. The molecule has 6 nitrogen and oxygen atoms in total. The topological polar surface area (TPSA) is 73.9 Å². The highest BCUT2D eigenvalue weighted by Crippen LogP contribution is 2.33. The second kappa shape index (κ2) is 7.68. The molecule has 0 spiro atoms. The fourth-order valence-corrected chi connectivity index (χ4v) is 3.58. The second-order valence-electron chi connectivity index (χ2n) is 6.87. The van der Waals surface area contributed by atoms with Crippen LogP contribution in [-0.2, 0) is 6.54 Å². The van der Waals surface area contributed by atoms with Crippen LogP contribution in [0.2, 0.25) is 0 Å². The minimum absolute atomic E-state index is 0.00697. The molecule has 1 saturated heterocycles. The summed E-state index contributed by atoms with van der Waals surface area (Å²) in [6, 6.07) is 4.06. The van der Waals surface area contributed by atoms with Crippen LogP contribution in [0, 0.1) is 20.8 Å². The third kappa shape index (κ3) is 4.00. The molecule has 1 aliphatic heterocycles. The molecule has 3 heterocycles. The Labute approximate surface area is 149 Å². The first-order chi connectivity index (χ1) is 12.1. The van der Waals surface area contributed by atoms with Crippen molar-refractivity contribution in [3.05, 3.63) is 46.5 Å².